The fraction of sp³-hybridized carbons (Fsp3) is 0.333. The summed E-state index contributed by atoms with van der Waals surface area (Å²) in [5.41, 5.74) is 0.396. The zero-order valence-electron chi connectivity index (χ0n) is 16.1. The number of rotatable bonds is 8. The number of ether oxygens (including phenoxy) is 2. The molecular weight excluding hydrogens is 387 g/mol. The highest BCUT2D eigenvalue weighted by Gasteiger charge is 2.30. The van der Waals surface area contributed by atoms with Crippen LogP contribution in [0, 0.1) is 0 Å². The molecule has 1 amide bonds. The molecule has 0 saturated carbocycles. The van der Waals surface area contributed by atoms with Crippen LogP contribution in [-0.2, 0) is 20.5 Å². The van der Waals surface area contributed by atoms with Crippen LogP contribution in [0.3, 0.4) is 0 Å². The SMILES string of the molecule is CCOC(=O)COc1cccc(NC(=O)CC(C)c2ccc(C(F)(F)F)cc2)c1. The Labute approximate surface area is 166 Å². The first kappa shape index (κ1) is 22.3. The Morgan fingerprint density at radius 2 is 1.79 bits per heavy atom. The minimum absolute atomic E-state index is 0.0965. The van der Waals surface area contributed by atoms with E-state index in [0.717, 1.165) is 12.1 Å². The molecule has 5 nitrogen and oxygen atoms in total. The second-order valence-corrected chi connectivity index (χ2v) is 6.39. The average Bonchev–Trinajstić information content (AvgIpc) is 2.66. The monoisotopic (exact) mass is 409 g/mol. The predicted molar refractivity (Wildman–Crippen MR) is 102 cm³/mol. The molecule has 0 aliphatic carbocycles. The molecule has 156 valence electrons. The van der Waals surface area contributed by atoms with E-state index in [1.54, 1.807) is 38.1 Å². The highest BCUT2D eigenvalue weighted by Crippen LogP contribution is 2.30. The van der Waals surface area contributed by atoms with Gasteiger partial charge in [0.2, 0.25) is 5.91 Å². The lowest BCUT2D eigenvalue weighted by Gasteiger charge is -2.14. The second-order valence-electron chi connectivity index (χ2n) is 6.39. The Balaban J connectivity index is 1.91. The molecule has 2 rings (SSSR count). The zero-order chi connectivity index (χ0) is 21.4. The van der Waals surface area contributed by atoms with Crippen LogP contribution in [-0.4, -0.2) is 25.1 Å². The van der Waals surface area contributed by atoms with E-state index in [1.165, 1.54) is 12.1 Å². The summed E-state index contributed by atoms with van der Waals surface area (Å²) < 4.78 is 48.0. The van der Waals surface area contributed by atoms with Crippen molar-refractivity contribution in [2.24, 2.45) is 0 Å². The fourth-order valence-corrected chi connectivity index (χ4v) is 2.62. The highest BCUT2D eigenvalue weighted by atomic mass is 19.4. The van der Waals surface area contributed by atoms with Crippen LogP contribution in [0.2, 0.25) is 0 Å². The van der Waals surface area contributed by atoms with Gasteiger partial charge in [-0.25, -0.2) is 4.79 Å². The maximum absolute atomic E-state index is 12.6. The number of hydrogen-bond acceptors (Lipinski definition) is 4. The van der Waals surface area contributed by atoms with Gasteiger partial charge in [-0.2, -0.15) is 13.2 Å². The van der Waals surface area contributed by atoms with Crippen LogP contribution in [0.5, 0.6) is 5.75 Å². The van der Waals surface area contributed by atoms with Gasteiger partial charge in [0, 0.05) is 18.2 Å². The summed E-state index contributed by atoms with van der Waals surface area (Å²) in [5, 5.41) is 2.72. The van der Waals surface area contributed by atoms with Gasteiger partial charge in [-0.15, -0.1) is 0 Å². The molecule has 0 bridgehead atoms. The summed E-state index contributed by atoms with van der Waals surface area (Å²) in [6.07, 6.45) is -4.29. The molecule has 0 aliphatic rings. The van der Waals surface area contributed by atoms with Crippen LogP contribution in [0.25, 0.3) is 0 Å². The maximum Gasteiger partial charge on any atom is 0.416 e. The molecule has 0 radical (unpaired) electrons. The van der Waals surface area contributed by atoms with Gasteiger partial charge >= 0.3 is 12.1 Å². The first-order valence-corrected chi connectivity index (χ1v) is 9.04. The van der Waals surface area contributed by atoms with Gasteiger partial charge in [0.1, 0.15) is 5.75 Å². The lowest BCUT2D eigenvalue weighted by molar-refractivity contribution is -0.145. The summed E-state index contributed by atoms with van der Waals surface area (Å²) in [6.45, 7) is 3.48. The number of amides is 1. The summed E-state index contributed by atoms with van der Waals surface area (Å²) in [7, 11) is 0. The van der Waals surface area contributed by atoms with Crippen molar-refractivity contribution in [1.29, 1.82) is 0 Å². The minimum Gasteiger partial charge on any atom is -0.482 e. The van der Waals surface area contributed by atoms with Crippen LogP contribution in [0.1, 0.15) is 37.3 Å². The molecule has 8 heteroatoms. The summed E-state index contributed by atoms with van der Waals surface area (Å²) >= 11 is 0. The number of halogens is 3. The van der Waals surface area contributed by atoms with Gasteiger partial charge in [0.05, 0.1) is 12.2 Å². The average molecular weight is 409 g/mol. The first-order valence-electron chi connectivity index (χ1n) is 9.04. The van der Waals surface area contributed by atoms with E-state index in [9.17, 15) is 22.8 Å². The number of anilines is 1. The standard InChI is InChI=1S/C21H22F3NO4/c1-3-28-20(27)13-29-18-6-4-5-17(12-18)25-19(26)11-14(2)15-7-9-16(10-8-15)21(22,23)24/h4-10,12,14H,3,11,13H2,1-2H3,(H,25,26). The molecule has 2 aromatic rings. The molecule has 0 spiro atoms. The Bertz CT molecular complexity index is 835. The number of benzene rings is 2. The Kier molecular flexibility index (Phi) is 7.64. The number of nitrogens with one attached hydrogen (secondary N) is 1. The molecule has 0 saturated heterocycles. The third kappa shape index (κ3) is 7.14. The van der Waals surface area contributed by atoms with Gasteiger partial charge < -0.3 is 14.8 Å². The van der Waals surface area contributed by atoms with Crippen molar-refractivity contribution in [2.45, 2.75) is 32.4 Å². The molecule has 1 unspecified atom stereocenters. The largest absolute Gasteiger partial charge is 0.482 e. The van der Waals surface area contributed by atoms with E-state index in [-0.39, 0.29) is 31.5 Å². The molecule has 29 heavy (non-hydrogen) atoms. The van der Waals surface area contributed by atoms with Gasteiger partial charge in [-0.05, 0) is 42.7 Å². The quantitative estimate of drug-likeness (QED) is 0.638. The number of esters is 1. The van der Waals surface area contributed by atoms with E-state index in [0.29, 0.717) is 17.0 Å². The van der Waals surface area contributed by atoms with Gasteiger partial charge in [-0.3, -0.25) is 4.79 Å². The summed E-state index contributed by atoms with van der Waals surface area (Å²) in [4.78, 5) is 23.6. The molecule has 2 aromatic carbocycles. The number of carbonyl (C=O) groups excluding carboxylic acids is 2. The molecule has 0 aliphatic heterocycles. The third-order valence-corrected chi connectivity index (χ3v) is 4.08. The third-order valence-electron chi connectivity index (χ3n) is 4.08. The second kappa shape index (κ2) is 9.95. The van der Waals surface area contributed by atoms with E-state index >= 15 is 0 Å². The van der Waals surface area contributed by atoms with Crippen molar-refractivity contribution < 1.29 is 32.2 Å². The lowest BCUT2D eigenvalue weighted by atomic mass is 9.96. The zero-order valence-corrected chi connectivity index (χ0v) is 16.1. The van der Waals surface area contributed by atoms with E-state index < -0.39 is 17.7 Å². The van der Waals surface area contributed by atoms with E-state index in [1.807, 2.05) is 0 Å². The van der Waals surface area contributed by atoms with E-state index in [4.69, 9.17) is 9.47 Å². The normalized spacial score (nSPS) is 12.2. The van der Waals surface area contributed by atoms with Crippen LogP contribution >= 0.6 is 0 Å². The van der Waals surface area contributed by atoms with E-state index in [2.05, 4.69) is 5.32 Å². The van der Waals surface area contributed by atoms with Crippen LogP contribution in [0.15, 0.2) is 48.5 Å². The molecular formula is C21H22F3NO4. The molecule has 0 aromatic heterocycles. The molecule has 0 fully saturated rings. The number of hydrogen-bond donors (Lipinski definition) is 1. The van der Waals surface area contributed by atoms with Crippen molar-refractivity contribution in [3.05, 3.63) is 59.7 Å². The topological polar surface area (TPSA) is 64.6 Å². The Morgan fingerprint density at radius 1 is 1.10 bits per heavy atom. The Morgan fingerprint density at radius 3 is 2.41 bits per heavy atom. The lowest BCUT2D eigenvalue weighted by Crippen LogP contribution is -2.16. The van der Waals surface area contributed by atoms with Crippen LogP contribution in [0.4, 0.5) is 18.9 Å². The van der Waals surface area contributed by atoms with Crippen molar-refractivity contribution in [3.63, 3.8) is 0 Å². The van der Waals surface area contributed by atoms with Gasteiger partial charge in [-0.1, -0.05) is 25.1 Å². The fourth-order valence-electron chi connectivity index (χ4n) is 2.62. The molecule has 0 heterocycles. The van der Waals surface area contributed by atoms with Crippen molar-refractivity contribution in [2.75, 3.05) is 18.5 Å². The highest BCUT2D eigenvalue weighted by molar-refractivity contribution is 5.91. The van der Waals surface area contributed by atoms with Crippen molar-refractivity contribution in [1.82, 2.24) is 0 Å². The number of alkyl halides is 3. The minimum atomic E-state index is -4.39. The van der Waals surface area contributed by atoms with Crippen molar-refractivity contribution in [3.8, 4) is 5.75 Å². The smallest absolute Gasteiger partial charge is 0.416 e. The van der Waals surface area contributed by atoms with Crippen LogP contribution < -0.4 is 10.1 Å². The van der Waals surface area contributed by atoms with Crippen molar-refractivity contribution >= 4 is 17.6 Å². The predicted octanol–water partition coefficient (Wildman–Crippen LogP) is 4.78. The molecule has 1 N–H and O–H groups in total. The summed E-state index contributed by atoms with van der Waals surface area (Å²) in [5.74, 6) is -0.653. The van der Waals surface area contributed by atoms with Gasteiger partial charge in [0.15, 0.2) is 6.61 Å². The van der Waals surface area contributed by atoms with Gasteiger partial charge in [0.25, 0.3) is 0 Å². The summed E-state index contributed by atoms with van der Waals surface area (Å²) in [6, 6.07) is 11.3. The maximum atomic E-state index is 12.6. The first-order chi connectivity index (χ1) is 13.7. The number of carbonyl (C=O) groups is 2. The Hall–Kier alpha value is -3.03. The molecule has 1 atom stereocenters.